The van der Waals surface area contributed by atoms with Crippen LogP contribution < -0.4 is 19.9 Å². The van der Waals surface area contributed by atoms with Crippen molar-refractivity contribution in [1.82, 2.24) is 10.2 Å². The second kappa shape index (κ2) is 9.09. The average Bonchev–Trinajstić information content (AvgIpc) is 2.80. The van der Waals surface area contributed by atoms with E-state index in [0.29, 0.717) is 19.0 Å². The Kier molecular flexibility index (Phi) is 6.09. The second-order valence-corrected chi connectivity index (χ2v) is 7.32. The van der Waals surface area contributed by atoms with Gasteiger partial charge in [0.15, 0.2) is 11.6 Å². The predicted molar refractivity (Wildman–Crippen MR) is 112 cm³/mol. The van der Waals surface area contributed by atoms with Crippen LogP contribution in [0.3, 0.4) is 0 Å². The van der Waals surface area contributed by atoms with Crippen molar-refractivity contribution < 1.29 is 14.3 Å². The molecule has 4 rings (SSSR count). The first-order valence-electron chi connectivity index (χ1n) is 10.1. The van der Waals surface area contributed by atoms with E-state index >= 15 is 0 Å². The molecular formula is C21H27N5O3. The lowest BCUT2D eigenvalue weighted by molar-refractivity contribution is -0.122. The number of piperazine rings is 1. The van der Waals surface area contributed by atoms with Crippen molar-refractivity contribution in [3.05, 3.63) is 36.4 Å². The maximum absolute atomic E-state index is 12.3. The van der Waals surface area contributed by atoms with Crippen molar-refractivity contribution in [1.29, 1.82) is 0 Å². The van der Waals surface area contributed by atoms with E-state index in [0.717, 1.165) is 50.6 Å². The third kappa shape index (κ3) is 4.76. The summed E-state index contributed by atoms with van der Waals surface area (Å²) in [5.41, 5.74) is 1.20. The minimum atomic E-state index is -0.00346. The lowest BCUT2D eigenvalue weighted by Crippen LogP contribution is -2.46. The fourth-order valence-corrected chi connectivity index (χ4v) is 3.74. The van der Waals surface area contributed by atoms with Crippen LogP contribution in [0.5, 0.6) is 5.75 Å². The zero-order chi connectivity index (χ0) is 20.1. The zero-order valence-corrected chi connectivity index (χ0v) is 16.7. The van der Waals surface area contributed by atoms with E-state index in [1.807, 2.05) is 24.3 Å². The summed E-state index contributed by atoms with van der Waals surface area (Å²) in [6.45, 7) is 4.85. The number of amides is 1. The van der Waals surface area contributed by atoms with Crippen molar-refractivity contribution in [2.45, 2.75) is 12.8 Å². The number of anilines is 3. The van der Waals surface area contributed by atoms with Gasteiger partial charge in [0.25, 0.3) is 0 Å². The monoisotopic (exact) mass is 397 g/mol. The Hall–Kier alpha value is -2.87. The highest BCUT2D eigenvalue weighted by atomic mass is 16.5. The van der Waals surface area contributed by atoms with Crippen molar-refractivity contribution in [2.75, 3.05) is 61.6 Å². The van der Waals surface area contributed by atoms with Gasteiger partial charge in [-0.2, -0.15) is 0 Å². The van der Waals surface area contributed by atoms with E-state index in [2.05, 4.69) is 37.4 Å². The van der Waals surface area contributed by atoms with Gasteiger partial charge in [-0.25, -0.2) is 0 Å². The van der Waals surface area contributed by atoms with Crippen LogP contribution in [-0.4, -0.2) is 62.6 Å². The number of ether oxygens (including phenoxy) is 2. The van der Waals surface area contributed by atoms with Crippen LogP contribution in [-0.2, 0) is 9.53 Å². The summed E-state index contributed by atoms with van der Waals surface area (Å²) < 4.78 is 10.5. The molecule has 0 radical (unpaired) electrons. The zero-order valence-electron chi connectivity index (χ0n) is 16.7. The van der Waals surface area contributed by atoms with Gasteiger partial charge in [0.05, 0.1) is 7.11 Å². The minimum absolute atomic E-state index is 0.00320. The lowest BCUT2D eigenvalue weighted by atomic mass is 9.99. The molecule has 0 unspecified atom stereocenters. The predicted octanol–water partition coefficient (Wildman–Crippen LogP) is 2.18. The van der Waals surface area contributed by atoms with Crippen LogP contribution in [0.15, 0.2) is 36.4 Å². The van der Waals surface area contributed by atoms with Gasteiger partial charge in [-0.3, -0.25) is 4.79 Å². The summed E-state index contributed by atoms with van der Waals surface area (Å²) >= 11 is 0. The van der Waals surface area contributed by atoms with Crippen LogP contribution in [0.2, 0.25) is 0 Å². The quantitative estimate of drug-likeness (QED) is 0.828. The molecule has 1 N–H and O–H groups in total. The van der Waals surface area contributed by atoms with Crippen molar-refractivity contribution >= 4 is 23.2 Å². The van der Waals surface area contributed by atoms with Gasteiger partial charge in [-0.15, -0.1) is 10.2 Å². The Morgan fingerprint density at radius 2 is 1.69 bits per heavy atom. The van der Waals surface area contributed by atoms with Gasteiger partial charge in [-0.05, 0) is 49.2 Å². The molecule has 2 fully saturated rings. The first kappa shape index (κ1) is 19.4. The molecule has 154 valence electrons. The van der Waals surface area contributed by atoms with E-state index in [9.17, 15) is 4.79 Å². The van der Waals surface area contributed by atoms with Gasteiger partial charge in [0.2, 0.25) is 5.91 Å². The first-order chi connectivity index (χ1) is 14.2. The van der Waals surface area contributed by atoms with Crippen LogP contribution in [0.25, 0.3) is 0 Å². The van der Waals surface area contributed by atoms with E-state index in [1.165, 1.54) is 5.69 Å². The fourth-order valence-electron chi connectivity index (χ4n) is 3.74. The molecule has 1 amide bonds. The number of carbonyl (C=O) groups is 1. The van der Waals surface area contributed by atoms with Crippen LogP contribution in [0.4, 0.5) is 17.3 Å². The number of rotatable bonds is 5. The topological polar surface area (TPSA) is 79.8 Å². The van der Waals surface area contributed by atoms with Crippen molar-refractivity contribution in [2.24, 2.45) is 5.92 Å². The van der Waals surface area contributed by atoms with E-state index in [4.69, 9.17) is 9.47 Å². The molecule has 2 aliphatic heterocycles. The summed E-state index contributed by atoms with van der Waals surface area (Å²) in [4.78, 5) is 16.9. The summed E-state index contributed by atoms with van der Waals surface area (Å²) in [6.07, 6.45) is 1.52. The Balaban J connectivity index is 1.30. The van der Waals surface area contributed by atoms with Crippen LogP contribution in [0.1, 0.15) is 12.8 Å². The molecule has 0 aliphatic carbocycles. The third-order valence-corrected chi connectivity index (χ3v) is 5.54. The maximum Gasteiger partial charge on any atom is 0.228 e. The number of hydrogen-bond donors (Lipinski definition) is 1. The SMILES string of the molecule is COc1ccc(N2CCN(c3ccc(NC(=O)C4CCOCC4)nn3)CC2)cc1. The minimum Gasteiger partial charge on any atom is -0.497 e. The number of carbonyl (C=O) groups excluding carboxylic acids is 1. The average molecular weight is 397 g/mol. The number of nitrogens with one attached hydrogen (secondary N) is 1. The summed E-state index contributed by atoms with van der Waals surface area (Å²) in [7, 11) is 1.68. The van der Waals surface area contributed by atoms with E-state index in [-0.39, 0.29) is 11.8 Å². The van der Waals surface area contributed by atoms with Gasteiger partial charge < -0.3 is 24.6 Å². The Morgan fingerprint density at radius 3 is 2.31 bits per heavy atom. The normalized spacial score (nSPS) is 17.8. The third-order valence-electron chi connectivity index (χ3n) is 5.54. The molecule has 1 aromatic heterocycles. The highest BCUT2D eigenvalue weighted by molar-refractivity contribution is 5.91. The molecule has 8 nitrogen and oxygen atoms in total. The lowest BCUT2D eigenvalue weighted by Gasteiger charge is -2.36. The highest BCUT2D eigenvalue weighted by Crippen LogP contribution is 2.22. The van der Waals surface area contributed by atoms with E-state index in [1.54, 1.807) is 7.11 Å². The maximum atomic E-state index is 12.3. The Bertz CT molecular complexity index is 798. The molecule has 2 aromatic rings. The van der Waals surface area contributed by atoms with Crippen molar-refractivity contribution in [3.63, 3.8) is 0 Å². The van der Waals surface area contributed by atoms with Gasteiger partial charge >= 0.3 is 0 Å². The van der Waals surface area contributed by atoms with Gasteiger partial charge in [0.1, 0.15) is 5.75 Å². The first-order valence-corrected chi connectivity index (χ1v) is 10.1. The molecule has 2 aliphatic rings. The smallest absolute Gasteiger partial charge is 0.228 e. The molecule has 0 saturated carbocycles. The standard InChI is InChI=1S/C21H27N5O3/c1-28-18-4-2-17(3-5-18)25-10-12-26(13-11-25)20-7-6-19(23-24-20)22-21(27)16-8-14-29-15-9-16/h2-7,16H,8-15H2,1H3,(H,22,23,27). The van der Waals surface area contributed by atoms with Gasteiger partial charge in [-0.1, -0.05) is 0 Å². The summed E-state index contributed by atoms with van der Waals surface area (Å²) in [5.74, 6) is 2.21. The van der Waals surface area contributed by atoms with E-state index < -0.39 is 0 Å². The number of methoxy groups -OCH3 is 1. The second-order valence-electron chi connectivity index (χ2n) is 7.32. The molecular weight excluding hydrogens is 370 g/mol. The molecule has 1 aromatic carbocycles. The molecule has 3 heterocycles. The molecule has 29 heavy (non-hydrogen) atoms. The summed E-state index contributed by atoms with van der Waals surface area (Å²) in [5, 5.41) is 11.4. The Labute approximate surface area is 170 Å². The van der Waals surface area contributed by atoms with Gasteiger partial charge in [0, 0.05) is 51.0 Å². The van der Waals surface area contributed by atoms with Crippen LogP contribution >= 0.6 is 0 Å². The van der Waals surface area contributed by atoms with Crippen molar-refractivity contribution in [3.8, 4) is 5.75 Å². The number of hydrogen-bond acceptors (Lipinski definition) is 7. The number of aromatic nitrogens is 2. The Morgan fingerprint density at radius 1 is 1.00 bits per heavy atom. The molecule has 0 spiro atoms. The number of nitrogens with zero attached hydrogens (tertiary/aromatic N) is 4. The molecule has 2 saturated heterocycles. The molecule has 0 atom stereocenters. The molecule has 0 bridgehead atoms. The molecule has 8 heteroatoms. The fraction of sp³-hybridized carbons (Fsp3) is 0.476. The van der Waals surface area contributed by atoms with Crippen LogP contribution in [0, 0.1) is 5.92 Å². The largest absolute Gasteiger partial charge is 0.497 e. The summed E-state index contributed by atoms with van der Waals surface area (Å²) in [6, 6.07) is 11.9. The number of benzene rings is 1. The highest BCUT2D eigenvalue weighted by Gasteiger charge is 2.22.